The van der Waals surface area contributed by atoms with Crippen LogP contribution in [0.5, 0.6) is 5.88 Å². The number of ether oxygens (including phenoxy) is 2. The molecule has 0 spiro atoms. The molecular weight excluding hydrogens is 228 g/mol. The van der Waals surface area contributed by atoms with Crippen molar-refractivity contribution in [3.05, 3.63) is 22.8 Å². The first-order valence-electron chi connectivity index (χ1n) is 5.18. The van der Waals surface area contributed by atoms with E-state index < -0.39 is 0 Å². The topological polar surface area (TPSA) is 43.4 Å². The predicted octanol–water partition coefficient (Wildman–Crippen LogP) is 1.87. The number of rotatable bonds is 7. The van der Waals surface area contributed by atoms with Crippen LogP contribution in [0.25, 0.3) is 0 Å². The van der Waals surface area contributed by atoms with Crippen LogP contribution in [-0.4, -0.2) is 32.4 Å². The van der Waals surface area contributed by atoms with E-state index in [1.165, 1.54) is 0 Å². The fourth-order valence-electron chi connectivity index (χ4n) is 1.24. The van der Waals surface area contributed by atoms with E-state index in [2.05, 4.69) is 10.3 Å². The predicted molar refractivity (Wildman–Crippen MR) is 64.0 cm³/mol. The summed E-state index contributed by atoms with van der Waals surface area (Å²) in [5.74, 6) is 0.603. The molecule has 0 radical (unpaired) electrons. The van der Waals surface area contributed by atoms with E-state index in [0.29, 0.717) is 30.7 Å². The average Bonchev–Trinajstić information content (AvgIpc) is 2.29. The van der Waals surface area contributed by atoms with Crippen molar-refractivity contribution in [1.29, 1.82) is 0 Å². The molecule has 1 aromatic heterocycles. The van der Waals surface area contributed by atoms with Gasteiger partial charge in [-0.25, -0.2) is 4.98 Å². The standard InChI is InChI=1S/C11H17ClN2O2/c1-13-7-9-6-11(14-8-10(9)12)16-5-3-4-15-2/h6,8,13H,3-5,7H2,1-2H3. The third kappa shape index (κ3) is 4.35. The van der Waals surface area contributed by atoms with Gasteiger partial charge in [-0.15, -0.1) is 0 Å². The van der Waals surface area contributed by atoms with E-state index in [4.69, 9.17) is 21.1 Å². The number of halogens is 1. The van der Waals surface area contributed by atoms with Gasteiger partial charge in [-0.05, 0) is 12.6 Å². The zero-order chi connectivity index (χ0) is 11.8. The van der Waals surface area contributed by atoms with Crippen molar-refractivity contribution in [2.24, 2.45) is 0 Å². The fraction of sp³-hybridized carbons (Fsp3) is 0.545. The van der Waals surface area contributed by atoms with Gasteiger partial charge in [-0.3, -0.25) is 0 Å². The van der Waals surface area contributed by atoms with E-state index in [-0.39, 0.29) is 0 Å². The molecule has 0 bridgehead atoms. The normalized spacial score (nSPS) is 10.4. The Balaban J connectivity index is 2.50. The van der Waals surface area contributed by atoms with E-state index in [0.717, 1.165) is 12.0 Å². The van der Waals surface area contributed by atoms with E-state index in [9.17, 15) is 0 Å². The molecule has 0 aliphatic carbocycles. The largest absolute Gasteiger partial charge is 0.478 e. The number of aromatic nitrogens is 1. The molecular formula is C11H17ClN2O2. The van der Waals surface area contributed by atoms with Crippen molar-refractivity contribution < 1.29 is 9.47 Å². The van der Waals surface area contributed by atoms with Crippen molar-refractivity contribution in [3.8, 4) is 5.88 Å². The second-order valence-corrected chi connectivity index (χ2v) is 3.75. The van der Waals surface area contributed by atoms with Crippen LogP contribution in [0.3, 0.4) is 0 Å². The summed E-state index contributed by atoms with van der Waals surface area (Å²) < 4.78 is 10.4. The Morgan fingerprint density at radius 1 is 1.44 bits per heavy atom. The lowest BCUT2D eigenvalue weighted by atomic mass is 10.2. The minimum absolute atomic E-state index is 0.599. The molecule has 0 amide bonds. The first-order valence-corrected chi connectivity index (χ1v) is 5.56. The minimum atomic E-state index is 0.599. The minimum Gasteiger partial charge on any atom is -0.478 e. The number of methoxy groups -OCH3 is 1. The first kappa shape index (κ1) is 13.2. The SMILES string of the molecule is CNCc1cc(OCCCOC)ncc1Cl. The summed E-state index contributed by atoms with van der Waals surface area (Å²) in [6, 6.07) is 1.85. The number of hydrogen-bond acceptors (Lipinski definition) is 4. The Morgan fingerprint density at radius 3 is 2.94 bits per heavy atom. The molecule has 0 saturated heterocycles. The Labute approximate surface area is 101 Å². The number of pyridine rings is 1. The molecule has 90 valence electrons. The Morgan fingerprint density at radius 2 is 2.25 bits per heavy atom. The third-order valence-corrected chi connectivity index (χ3v) is 2.36. The van der Waals surface area contributed by atoms with Crippen molar-refractivity contribution >= 4 is 11.6 Å². The molecule has 0 aliphatic rings. The number of nitrogens with one attached hydrogen (secondary N) is 1. The maximum atomic E-state index is 5.98. The second-order valence-electron chi connectivity index (χ2n) is 3.34. The van der Waals surface area contributed by atoms with Crippen LogP contribution in [0, 0.1) is 0 Å². The molecule has 0 fully saturated rings. The molecule has 4 nitrogen and oxygen atoms in total. The molecule has 0 aromatic carbocycles. The van der Waals surface area contributed by atoms with Gasteiger partial charge in [0.1, 0.15) is 0 Å². The summed E-state index contributed by atoms with van der Waals surface area (Å²) in [6.45, 7) is 1.99. The van der Waals surface area contributed by atoms with Gasteiger partial charge in [0.15, 0.2) is 0 Å². The van der Waals surface area contributed by atoms with Crippen LogP contribution in [0.2, 0.25) is 5.02 Å². The number of nitrogens with zero attached hydrogens (tertiary/aromatic N) is 1. The lowest BCUT2D eigenvalue weighted by Crippen LogP contribution is -2.07. The Bertz CT molecular complexity index is 321. The van der Waals surface area contributed by atoms with Crippen molar-refractivity contribution in [1.82, 2.24) is 10.3 Å². The van der Waals surface area contributed by atoms with Crippen LogP contribution in [0.4, 0.5) is 0 Å². The molecule has 1 aromatic rings. The highest BCUT2D eigenvalue weighted by atomic mass is 35.5. The van der Waals surface area contributed by atoms with Gasteiger partial charge < -0.3 is 14.8 Å². The van der Waals surface area contributed by atoms with Gasteiger partial charge >= 0.3 is 0 Å². The van der Waals surface area contributed by atoms with E-state index >= 15 is 0 Å². The van der Waals surface area contributed by atoms with Crippen LogP contribution in [0.1, 0.15) is 12.0 Å². The van der Waals surface area contributed by atoms with Gasteiger partial charge in [0.2, 0.25) is 5.88 Å². The molecule has 0 saturated carbocycles. The number of hydrogen-bond donors (Lipinski definition) is 1. The molecule has 1 N–H and O–H groups in total. The van der Waals surface area contributed by atoms with Crippen molar-refractivity contribution in [3.63, 3.8) is 0 Å². The van der Waals surface area contributed by atoms with Gasteiger partial charge in [-0.2, -0.15) is 0 Å². The van der Waals surface area contributed by atoms with Crippen molar-refractivity contribution in [2.75, 3.05) is 27.4 Å². The Hall–Kier alpha value is -0.840. The molecule has 5 heteroatoms. The quantitative estimate of drug-likeness (QED) is 0.744. The van der Waals surface area contributed by atoms with E-state index in [1.807, 2.05) is 13.1 Å². The summed E-state index contributed by atoms with van der Waals surface area (Å²) in [4.78, 5) is 4.10. The maximum Gasteiger partial charge on any atom is 0.213 e. The first-order chi connectivity index (χ1) is 7.77. The monoisotopic (exact) mass is 244 g/mol. The van der Waals surface area contributed by atoms with Crippen LogP contribution < -0.4 is 10.1 Å². The van der Waals surface area contributed by atoms with Crippen LogP contribution in [0.15, 0.2) is 12.3 Å². The van der Waals surface area contributed by atoms with E-state index in [1.54, 1.807) is 13.3 Å². The van der Waals surface area contributed by atoms with Crippen LogP contribution >= 0.6 is 11.6 Å². The lowest BCUT2D eigenvalue weighted by Gasteiger charge is -2.08. The summed E-state index contributed by atoms with van der Waals surface area (Å²) in [6.07, 6.45) is 2.46. The summed E-state index contributed by atoms with van der Waals surface area (Å²) in [5, 5.41) is 3.69. The summed E-state index contributed by atoms with van der Waals surface area (Å²) in [5.41, 5.74) is 0.987. The summed E-state index contributed by atoms with van der Waals surface area (Å²) in [7, 11) is 3.54. The molecule has 0 atom stereocenters. The van der Waals surface area contributed by atoms with Gasteiger partial charge in [0, 0.05) is 38.9 Å². The van der Waals surface area contributed by atoms with Gasteiger partial charge in [0.25, 0.3) is 0 Å². The molecule has 1 rings (SSSR count). The van der Waals surface area contributed by atoms with Gasteiger partial charge in [-0.1, -0.05) is 11.6 Å². The highest BCUT2D eigenvalue weighted by molar-refractivity contribution is 6.31. The highest BCUT2D eigenvalue weighted by Gasteiger charge is 2.03. The maximum absolute atomic E-state index is 5.98. The zero-order valence-corrected chi connectivity index (χ0v) is 10.4. The van der Waals surface area contributed by atoms with Crippen LogP contribution in [-0.2, 0) is 11.3 Å². The fourth-order valence-corrected chi connectivity index (χ4v) is 1.41. The second kappa shape index (κ2) is 7.44. The zero-order valence-electron chi connectivity index (χ0n) is 9.62. The molecule has 16 heavy (non-hydrogen) atoms. The third-order valence-electron chi connectivity index (χ3n) is 2.02. The molecule has 1 heterocycles. The molecule has 0 aliphatic heterocycles. The lowest BCUT2D eigenvalue weighted by molar-refractivity contribution is 0.170. The smallest absolute Gasteiger partial charge is 0.213 e. The average molecular weight is 245 g/mol. The summed E-state index contributed by atoms with van der Waals surface area (Å²) >= 11 is 5.98. The van der Waals surface area contributed by atoms with Crippen molar-refractivity contribution in [2.45, 2.75) is 13.0 Å². The van der Waals surface area contributed by atoms with Gasteiger partial charge in [0.05, 0.1) is 11.6 Å². The highest BCUT2D eigenvalue weighted by Crippen LogP contribution is 2.19. The molecule has 0 unspecified atom stereocenters. The Kier molecular flexibility index (Phi) is 6.15.